The van der Waals surface area contributed by atoms with Crippen LogP contribution in [0.3, 0.4) is 0 Å². The van der Waals surface area contributed by atoms with Crippen LogP contribution in [0.15, 0.2) is 24.3 Å². The summed E-state index contributed by atoms with van der Waals surface area (Å²) in [7, 11) is -1.26. The number of aromatic nitrogens is 3. The topological polar surface area (TPSA) is 152 Å². The summed E-state index contributed by atoms with van der Waals surface area (Å²) in [5.41, 5.74) is -0.723. The smallest absolute Gasteiger partial charge is 0.412 e. The molecule has 0 saturated carbocycles. The summed E-state index contributed by atoms with van der Waals surface area (Å²) in [6, 6.07) is 5.07. The van der Waals surface area contributed by atoms with Crippen molar-refractivity contribution in [2.24, 2.45) is 0 Å². The monoisotopic (exact) mass is 798 g/mol. The van der Waals surface area contributed by atoms with Crippen LogP contribution in [-0.4, -0.2) is 111 Å². The molecule has 2 bridgehead atoms. The second-order valence-electron chi connectivity index (χ2n) is 14.1. The lowest BCUT2D eigenvalue weighted by Gasteiger charge is -2.55. The molecule has 3 unspecified atom stereocenters. The van der Waals surface area contributed by atoms with Gasteiger partial charge in [-0.25, -0.2) is 18.6 Å². The van der Waals surface area contributed by atoms with E-state index in [-0.39, 0.29) is 67.6 Å². The number of amides is 1. The zero-order chi connectivity index (χ0) is 38.6. The van der Waals surface area contributed by atoms with Crippen LogP contribution in [0.2, 0.25) is 5.15 Å². The van der Waals surface area contributed by atoms with Gasteiger partial charge in [-0.15, -0.1) is 6.42 Å². The molecule has 0 radical (unpaired) electrons. The van der Waals surface area contributed by atoms with E-state index < -0.39 is 39.4 Å². The first-order valence-electron chi connectivity index (χ1n) is 17.9. The normalized spacial score (nSPS) is 20.8. The second kappa shape index (κ2) is 15.0. The minimum absolute atomic E-state index is 0.0456. The first kappa shape index (κ1) is 37.7. The van der Waals surface area contributed by atoms with E-state index in [4.69, 9.17) is 46.5 Å². The van der Waals surface area contributed by atoms with E-state index >= 15 is 8.78 Å². The van der Waals surface area contributed by atoms with E-state index in [1.165, 1.54) is 31.4 Å². The van der Waals surface area contributed by atoms with E-state index in [1.54, 1.807) is 11.8 Å². The van der Waals surface area contributed by atoms with Crippen LogP contribution in [0.25, 0.3) is 32.9 Å². The van der Waals surface area contributed by atoms with Crippen LogP contribution >= 0.6 is 20.2 Å². The van der Waals surface area contributed by atoms with Gasteiger partial charge in [-0.05, 0) is 75.7 Å². The molecular formula is C37H38ClF2N6O8P. The summed E-state index contributed by atoms with van der Waals surface area (Å²) in [6.07, 6.45) is 9.35. The summed E-state index contributed by atoms with van der Waals surface area (Å²) < 4.78 is 59.8. The highest BCUT2D eigenvalue weighted by Crippen LogP contribution is 2.44. The highest BCUT2D eigenvalue weighted by molar-refractivity contribution is 7.39. The van der Waals surface area contributed by atoms with Gasteiger partial charge in [-0.3, -0.25) is 14.3 Å². The van der Waals surface area contributed by atoms with Crippen LogP contribution in [0.4, 0.5) is 19.4 Å². The van der Waals surface area contributed by atoms with Gasteiger partial charge in [0, 0.05) is 31.1 Å². The van der Waals surface area contributed by atoms with Gasteiger partial charge < -0.3 is 33.6 Å². The van der Waals surface area contributed by atoms with Crippen molar-refractivity contribution in [2.45, 2.75) is 62.9 Å². The number of benzene rings is 2. The number of piperidine rings is 1. The number of halogens is 3. The Morgan fingerprint density at radius 1 is 1.11 bits per heavy atom. The van der Waals surface area contributed by atoms with Crippen LogP contribution in [0.1, 0.15) is 44.6 Å². The van der Waals surface area contributed by atoms with Crippen molar-refractivity contribution in [3.05, 3.63) is 46.6 Å². The molecule has 5 saturated heterocycles. The molecular weight excluding hydrogens is 761 g/mol. The minimum Gasteiger partial charge on any atom is -0.467 e. The Morgan fingerprint density at radius 2 is 1.85 bits per heavy atom. The van der Waals surface area contributed by atoms with Crippen LogP contribution in [0, 0.1) is 24.0 Å². The predicted molar refractivity (Wildman–Crippen MR) is 199 cm³/mol. The van der Waals surface area contributed by atoms with Crippen LogP contribution in [-0.2, 0) is 14.0 Å². The number of hydrogen-bond acceptors (Lipinski definition) is 13. The summed E-state index contributed by atoms with van der Waals surface area (Å²) in [5, 5.41) is 0.547. The third-order valence-electron chi connectivity index (χ3n) is 11.1. The molecule has 0 aliphatic carbocycles. The lowest BCUT2D eigenvalue weighted by Crippen LogP contribution is -2.70. The van der Waals surface area contributed by atoms with E-state index in [1.807, 2.05) is 4.90 Å². The Bertz CT molecular complexity index is 2190. The standard InChI is InChI=1S/C37H38ClF2N6O8P/c1-4-25-27(39)8-7-21-13-24(52-19-53-55(48)49)15-26(28(21)25)31-30(40)32-29(33(38)41-31)34(43-35(42-32)51-18-37-9-5-11-45(37)12-6-10-37)44-16-22-14-23(17-44)46(22)36(47)54-20(2)50-3/h1,7-8,13,15,20,22-23,48-49H,5-6,9-12,14,16-19H2,2-3H3. The number of rotatable bonds is 11. The van der Waals surface area contributed by atoms with Crippen LogP contribution in [0.5, 0.6) is 11.8 Å². The summed E-state index contributed by atoms with van der Waals surface area (Å²) in [6.45, 7) is 4.05. The highest BCUT2D eigenvalue weighted by Gasteiger charge is 2.49. The van der Waals surface area contributed by atoms with Crippen molar-refractivity contribution in [1.82, 2.24) is 24.8 Å². The number of terminal acetylenes is 1. The van der Waals surface area contributed by atoms with Gasteiger partial charge in [-0.1, -0.05) is 23.6 Å². The molecule has 2 aromatic heterocycles. The number of carbonyl (C=O) groups is 1. The Morgan fingerprint density at radius 3 is 2.55 bits per heavy atom. The fourth-order valence-corrected chi connectivity index (χ4v) is 8.93. The minimum atomic E-state index is -2.71. The van der Waals surface area contributed by atoms with Gasteiger partial charge in [0.1, 0.15) is 40.4 Å². The Kier molecular flexibility index (Phi) is 10.3. The Hall–Kier alpha value is -4.20. The first-order chi connectivity index (χ1) is 26.5. The number of carbonyl (C=O) groups excluding carboxylic acids is 1. The number of nitrogens with zero attached hydrogens (tertiary/aromatic N) is 6. The first-order valence-corrected chi connectivity index (χ1v) is 19.4. The van der Waals surface area contributed by atoms with E-state index in [0.29, 0.717) is 30.9 Å². The summed E-state index contributed by atoms with van der Waals surface area (Å²) in [4.78, 5) is 51.3. The number of fused-ring (bicyclic) bond motifs is 5. The largest absolute Gasteiger partial charge is 0.467 e. The SMILES string of the molecule is C#Cc1c(F)ccc2cc(OCOP(O)O)cc(-c3nc(Cl)c4c(N5CC6CC(C5)N6C(=O)OC(C)OC)nc(OCC56CCCN5CCC6)nc4c3F)c12. The molecule has 5 aliphatic heterocycles. The summed E-state index contributed by atoms with van der Waals surface area (Å²) >= 11 is 6.98. The zero-order valence-electron chi connectivity index (χ0n) is 30.0. The number of pyridine rings is 1. The van der Waals surface area contributed by atoms with Crippen molar-refractivity contribution in [3.63, 3.8) is 0 Å². The molecule has 7 heterocycles. The number of piperazine rings is 1. The quantitative estimate of drug-likeness (QED) is 0.0825. The second-order valence-corrected chi connectivity index (χ2v) is 15.3. The Balaban J connectivity index is 1.24. The van der Waals surface area contributed by atoms with Gasteiger partial charge in [-0.2, -0.15) is 9.97 Å². The molecule has 55 heavy (non-hydrogen) atoms. The number of methoxy groups -OCH3 is 1. The summed E-state index contributed by atoms with van der Waals surface area (Å²) in [5.74, 6) is 1.17. The molecule has 290 valence electrons. The maximum absolute atomic E-state index is 17.3. The maximum atomic E-state index is 17.3. The molecule has 1 amide bonds. The van der Waals surface area contributed by atoms with Crippen molar-refractivity contribution in [2.75, 3.05) is 51.6 Å². The highest BCUT2D eigenvalue weighted by atomic mass is 35.5. The molecule has 5 aliphatic rings. The molecule has 18 heteroatoms. The number of hydrogen-bond donors (Lipinski definition) is 2. The maximum Gasteiger partial charge on any atom is 0.412 e. The third-order valence-corrected chi connectivity index (χ3v) is 11.7. The van der Waals surface area contributed by atoms with Crippen LogP contribution < -0.4 is 14.4 Å². The van der Waals surface area contributed by atoms with Crippen molar-refractivity contribution in [1.29, 1.82) is 0 Å². The third kappa shape index (κ3) is 6.86. The van der Waals surface area contributed by atoms with E-state index in [0.717, 1.165) is 45.2 Å². The van der Waals surface area contributed by atoms with Gasteiger partial charge in [0.2, 0.25) is 6.29 Å². The molecule has 4 aromatic rings. The van der Waals surface area contributed by atoms with Crippen molar-refractivity contribution >= 4 is 53.8 Å². The molecule has 2 aromatic carbocycles. The van der Waals surface area contributed by atoms with Crippen molar-refractivity contribution in [3.8, 4) is 35.4 Å². The van der Waals surface area contributed by atoms with Gasteiger partial charge in [0.15, 0.2) is 12.6 Å². The molecule has 3 atom stereocenters. The van der Waals surface area contributed by atoms with Gasteiger partial charge in [0.25, 0.3) is 0 Å². The molecule has 14 nitrogen and oxygen atoms in total. The average Bonchev–Trinajstić information content (AvgIpc) is 3.75. The molecule has 0 spiro atoms. The van der Waals surface area contributed by atoms with Gasteiger partial charge >= 0.3 is 20.7 Å². The van der Waals surface area contributed by atoms with Crippen molar-refractivity contribution < 1.29 is 46.8 Å². The molecule has 5 fully saturated rings. The number of anilines is 1. The number of ether oxygens (including phenoxy) is 4. The fraction of sp³-hybridized carbons (Fsp3) is 0.459. The van der Waals surface area contributed by atoms with E-state index in [9.17, 15) is 14.6 Å². The fourth-order valence-electron chi connectivity index (χ4n) is 8.52. The molecule has 9 rings (SSSR count). The lowest BCUT2D eigenvalue weighted by molar-refractivity contribution is -0.0982. The average molecular weight is 799 g/mol. The van der Waals surface area contributed by atoms with Gasteiger partial charge in [0.05, 0.1) is 28.6 Å². The van der Waals surface area contributed by atoms with E-state index in [2.05, 4.69) is 20.8 Å². The predicted octanol–water partition coefficient (Wildman–Crippen LogP) is 5.72. The lowest BCUT2D eigenvalue weighted by atomic mass is 9.88. The zero-order valence-corrected chi connectivity index (χ0v) is 31.7. The molecule has 2 N–H and O–H groups in total. The Labute approximate surface area is 321 Å².